The molecule has 0 bridgehead atoms. The quantitative estimate of drug-likeness (QED) is 0.307. The van der Waals surface area contributed by atoms with Crippen LogP contribution in [0.3, 0.4) is 0 Å². The van der Waals surface area contributed by atoms with E-state index in [0.717, 1.165) is 12.3 Å². The number of pyridine rings is 1. The highest BCUT2D eigenvalue weighted by molar-refractivity contribution is 6.30. The van der Waals surface area contributed by atoms with Crippen molar-refractivity contribution >= 4 is 40.9 Å². The van der Waals surface area contributed by atoms with Gasteiger partial charge in [-0.1, -0.05) is 23.7 Å². The van der Waals surface area contributed by atoms with Gasteiger partial charge >= 0.3 is 6.09 Å². The molecule has 3 aromatic rings. The SMILES string of the molecule is CC(C)n1nc(C(=O)c2cc(NC(=O)Cc3ccc(Cl)cc3)cnc2F)c(C#N)c1NC(=O)OC(C)(C)C. The number of hydrogen-bond donors (Lipinski definition) is 2. The third-order valence-corrected chi connectivity index (χ3v) is 5.24. The van der Waals surface area contributed by atoms with Crippen molar-refractivity contribution in [3.05, 3.63) is 69.9 Å². The van der Waals surface area contributed by atoms with Gasteiger partial charge in [-0.25, -0.2) is 14.5 Å². The first-order valence-corrected chi connectivity index (χ1v) is 11.9. The van der Waals surface area contributed by atoms with Crippen LogP contribution in [-0.2, 0) is 16.0 Å². The summed E-state index contributed by atoms with van der Waals surface area (Å²) >= 11 is 5.86. The number of anilines is 2. The molecule has 0 aliphatic carbocycles. The summed E-state index contributed by atoms with van der Waals surface area (Å²) in [6.45, 7) is 8.46. The van der Waals surface area contributed by atoms with Crippen LogP contribution < -0.4 is 10.6 Å². The Balaban J connectivity index is 1.91. The van der Waals surface area contributed by atoms with Crippen molar-refractivity contribution in [3.8, 4) is 6.07 Å². The van der Waals surface area contributed by atoms with Crippen molar-refractivity contribution in [2.75, 3.05) is 10.6 Å². The predicted octanol–water partition coefficient (Wildman–Crippen LogP) is 5.28. The summed E-state index contributed by atoms with van der Waals surface area (Å²) in [5.74, 6) is -2.56. The minimum Gasteiger partial charge on any atom is -0.444 e. The number of rotatable bonds is 7. The molecular formula is C26H26ClFN6O4. The minimum atomic E-state index is -1.12. The van der Waals surface area contributed by atoms with Crippen LogP contribution in [0.15, 0.2) is 36.5 Å². The standard InChI is InChI=1S/C26H26ClFN6O4/c1-14(2)34-24(32-25(37)38-26(3,4)5)19(12-29)21(33-34)22(36)18-11-17(13-30-23(18)28)31-20(35)10-15-6-8-16(27)9-7-15/h6-9,11,13-14H,10H2,1-5H3,(H,31,35)(H,32,37). The third kappa shape index (κ3) is 6.92. The number of carbonyl (C=O) groups excluding carboxylic acids is 3. The minimum absolute atomic E-state index is 0.00882. The molecule has 12 heteroatoms. The number of nitrogens with one attached hydrogen (secondary N) is 2. The molecule has 0 saturated carbocycles. The van der Waals surface area contributed by atoms with Crippen LogP contribution in [0, 0.1) is 17.3 Å². The lowest BCUT2D eigenvalue weighted by atomic mass is 10.1. The summed E-state index contributed by atoms with van der Waals surface area (Å²) in [5.41, 5.74) is -1.22. The predicted molar refractivity (Wildman–Crippen MR) is 139 cm³/mol. The summed E-state index contributed by atoms with van der Waals surface area (Å²) in [6.07, 6.45) is 0.224. The molecule has 2 amide bonds. The van der Waals surface area contributed by atoms with Crippen LogP contribution in [0.4, 0.5) is 20.7 Å². The van der Waals surface area contributed by atoms with E-state index in [2.05, 4.69) is 20.7 Å². The van der Waals surface area contributed by atoms with E-state index < -0.39 is 40.6 Å². The molecule has 0 unspecified atom stereocenters. The zero-order valence-electron chi connectivity index (χ0n) is 21.4. The summed E-state index contributed by atoms with van der Waals surface area (Å²) in [6, 6.07) is 9.27. The van der Waals surface area contributed by atoms with Gasteiger partial charge in [0.2, 0.25) is 17.6 Å². The van der Waals surface area contributed by atoms with Crippen LogP contribution in [0.25, 0.3) is 0 Å². The van der Waals surface area contributed by atoms with E-state index in [4.69, 9.17) is 16.3 Å². The highest BCUT2D eigenvalue weighted by atomic mass is 35.5. The van der Waals surface area contributed by atoms with Crippen LogP contribution in [-0.4, -0.2) is 38.1 Å². The second-order valence-electron chi connectivity index (χ2n) is 9.59. The van der Waals surface area contributed by atoms with E-state index in [9.17, 15) is 24.0 Å². The van der Waals surface area contributed by atoms with E-state index in [1.54, 1.807) is 58.9 Å². The van der Waals surface area contributed by atoms with Crippen LogP contribution in [0.5, 0.6) is 0 Å². The van der Waals surface area contributed by atoms with Crippen molar-refractivity contribution in [1.29, 1.82) is 5.26 Å². The molecule has 0 spiro atoms. The average molecular weight is 541 g/mol. The van der Waals surface area contributed by atoms with E-state index in [-0.39, 0.29) is 29.5 Å². The Bertz CT molecular complexity index is 1420. The van der Waals surface area contributed by atoms with E-state index in [1.165, 1.54) is 4.68 Å². The molecule has 2 heterocycles. The van der Waals surface area contributed by atoms with Gasteiger partial charge in [0.15, 0.2) is 11.5 Å². The lowest BCUT2D eigenvalue weighted by Gasteiger charge is -2.20. The maximum absolute atomic E-state index is 14.7. The summed E-state index contributed by atoms with van der Waals surface area (Å²) in [4.78, 5) is 41.8. The molecule has 0 aliphatic heterocycles. The Labute approximate surface area is 223 Å². The van der Waals surface area contributed by atoms with E-state index >= 15 is 0 Å². The smallest absolute Gasteiger partial charge is 0.413 e. The van der Waals surface area contributed by atoms with Gasteiger partial charge in [-0.05, 0) is 58.4 Å². The Morgan fingerprint density at radius 1 is 1.18 bits per heavy atom. The maximum atomic E-state index is 14.7. The zero-order chi connectivity index (χ0) is 28.2. The Morgan fingerprint density at radius 3 is 2.42 bits per heavy atom. The number of ether oxygens (including phenoxy) is 1. The number of nitriles is 1. The van der Waals surface area contributed by atoms with Crippen LogP contribution >= 0.6 is 11.6 Å². The fraction of sp³-hybridized carbons (Fsp3) is 0.308. The van der Waals surface area contributed by atoms with Crippen molar-refractivity contribution in [2.45, 2.75) is 52.7 Å². The Morgan fingerprint density at radius 2 is 1.84 bits per heavy atom. The molecule has 198 valence electrons. The average Bonchev–Trinajstić information content (AvgIpc) is 3.18. The van der Waals surface area contributed by atoms with Crippen molar-refractivity contribution < 1.29 is 23.5 Å². The van der Waals surface area contributed by atoms with Gasteiger partial charge < -0.3 is 10.1 Å². The second-order valence-corrected chi connectivity index (χ2v) is 10.0. The normalized spacial score (nSPS) is 11.1. The molecule has 2 aromatic heterocycles. The highest BCUT2D eigenvalue weighted by Crippen LogP contribution is 2.27. The van der Waals surface area contributed by atoms with Gasteiger partial charge in [0, 0.05) is 11.1 Å². The number of hydrogen-bond acceptors (Lipinski definition) is 7. The maximum Gasteiger partial charge on any atom is 0.413 e. The lowest BCUT2D eigenvalue weighted by molar-refractivity contribution is -0.115. The van der Waals surface area contributed by atoms with Gasteiger partial charge in [-0.2, -0.15) is 14.8 Å². The van der Waals surface area contributed by atoms with Crippen molar-refractivity contribution in [1.82, 2.24) is 14.8 Å². The molecule has 0 radical (unpaired) electrons. The van der Waals surface area contributed by atoms with E-state index in [0.29, 0.717) is 10.6 Å². The largest absolute Gasteiger partial charge is 0.444 e. The summed E-state index contributed by atoms with van der Waals surface area (Å²) < 4.78 is 21.2. The number of halogens is 2. The number of aromatic nitrogens is 3. The molecule has 10 nitrogen and oxygen atoms in total. The highest BCUT2D eigenvalue weighted by Gasteiger charge is 2.29. The number of nitrogens with zero attached hydrogens (tertiary/aromatic N) is 4. The molecule has 1 aromatic carbocycles. The number of amides is 2. The van der Waals surface area contributed by atoms with Crippen molar-refractivity contribution in [2.24, 2.45) is 0 Å². The van der Waals surface area contributed by atoms with Crippen molar-refractivity contribution in [3.63, 3.8) is 0 Å². The fourth-order valence-electron chi connectivity index (χ4n) is 3.39. The molecule has 3 rings (SSSR count). The molecule has 0 fully saturated rings. The molecule has 0 atom stereocenters. The first-order valence-electron chi connectivity index (χ1n) is 11.6. The number of ketones is 1. The molecule has 0 aliphatic rings. The summed E-state index contributed by atoms with van der Waals surface area (Å²) in [7, 11) is 0. The zero-order valence-corrected chi connectivity index (χ0v) is 22.2. The van der Waals surface area contributed by atoms with Gasteiger partial charge in [0.25, 0.3) is 0 Å². The van der Waals surface area contributed by atoms with Gasteiger partial charge in [-0.15, -0.1) is 0 Å². The van der Waals surface area contributed by atoms with Crippen LogP contribution in [0.2, 0.25) is 5.02 Å². The molecule has 38 heavy (non-hydrogen) atoms. The van der Waals surface area contributed by atoms with Gasteiger partial charge in [-0.3, -0.25) is 14.9 Å². The fourth-order valence-corrected chi connectivity index (χ4v) is 3.52. The second kappa shape index (κ2) is 11.4. The molecular weight excluding hydrogens is 515 g/mol. The molecule has 0 saturated heterocycles. The topological polar surface area (TPSA) is 139 Å². The number of carbonyl (C=O) groups is 3. The lowest BCUT2D eigenvalue weighted by Crippen LogP contribution is -2.28. The Hall–Kier alpha value is -4.30. The van der Waals surface area contributed by atoms with Gasteiger partial charge in [0.05, 0.1) is 23.9 Å². The number of benzene rings is 1. The first-order chi connectivity index (χ1) is 17.8. The van der Waals surface area contributed by atoms with E-state index in [1.807, 2.05) is 6.07 Å². The first kappa shape index (κ1) is 28.3. The molecule has 2 N–H and O–H groups in total. The monoisotopic (exact) mass is 540 g/mol. The Kier molecular flexibility index (Phi) is 8.48. The summed E-state index contributed by atoms with van der Waals surface area (Å²) in [5, 5.41) is 19.6. The van der Waals surface area contributed by atoms with Crippen LogP contribution in [0.1, 0.15) is 67.8 Å². The van der Waals surface area contributed by atoms with Gasteiger partial charge in [0.1, 0.15) is 17.2 Å². The third-order valence-electron chi connectivity index (χ3n) is 4.99.